The van der Waals surface area contributed by atoms with E-state index in [1.165, 1.54) is 5.56 Å². The Labute approximate surface area is 127 Å². The van der Waals surface area contributed by atoms with E-state index in [2.05, 4.69) is 36.1 Å². The minimum atomic E-state index is 0.120. The van der Waals surface area contributed by atoms with Crippen molar-refractivity contribution in [3.05, 3.63) is 35.4 Å². The van der Waals surface area contributed by atoms with Crippen LogP contribution in [-0.4, -0.2) is 53.6 Å². The Bertz CT molecular complexity index is 458. The number of likely N-dealkylation sites (N-methyl/N-ethyl adjacent to an activating group) is 1. The van der Waals surface area contributed by atoms with Crippen LogP contribution in [0.5, 0.6) is 0 Å². The molecule has 0 spiro atoms. The number of carbonyl (C=O) groups excluding carboxylic acids is 1. The van der Waals surface area contributed by atoms with Crippen LogP contribution < -0.4 is 0 Å². The van der Waals surface area contributed by atoms with E-state index in [9.17, 15) is 9.90 Å². The van der Waals surface area contributed by atoms with Gasteiger partial charge < -0.3 is 10.0 Å². The second kappa shape index (κ2) is 7.57. The molecule has 1 saturated heterocycles. The van der Waals surface area contributed by atoms with Crippen molar-refractivity contribution in [2.24, 2.45) is 0 Å². The smallest absolute Gasteiger partial charge is 0.236 e. The topological polar surface area (TPSA) is 43.8 Å². The van der Waals surface area contributed by atoms with Gasteiger partial charge in [0.25, 0.3) is 0 Å². The van der Waals surface area contributed by atoms with E-state index < -0.39 is 0 Å². The number of rotatable bonds is 6. The highest BCUT2D eigenvalue weighted by molar-refractivity contribution is 5.78. The maximum atomic E-state index is 12.3. The lowest BCUT2D eigenvalue weighted by Gasteiger charge is -2.25. The van der Waals surface area contributed by atoms with Gasteiger partial charge in [-0.25, -0.2) is 0 Å². The molecule has 0 aliphatic carbocycles. The zero-order valence-electron chi connectivity index (χ0n) is 13.1. The Balaban J connectivity index is 1.86. The summed E-state index contributed by atoms with van der Waals surface area (Å²) in [5.74, 6) is 0.120. The lowest BCUT2D eigenvalue weighted by atomic mass is 10.1. The summed E-state index contributed by atoms with van der Waals surface area (Å²) in [5.41, 5.74) is 2.47. The molecule has 1 aromatic rings. The van der Waals surface area contributed by atoms with Crippen LogP contribution in [0, 0.1) is 0 Å². The van der Waals surface area contributed by atoms with Crippen LogP contribution in [0.1, 0.15) is 30.9 Å². The summed E-state index contributed by atoms with van der Waals surface area (Å²) < 4.78 is 0. The number of nitrogens with zero attached hydrogens (tertiary/aromatic N) is 2. The maximum absolute atomic E-state index is 12.3. The van der Waals surface area contributed by atoms with Gasteiger partial charge >= 0.3 is 0 Å². The van der Waals surface area contributed by atoms with Crippen LogP contribution in [0.4, 0.5) is 0 Å². The van der Waals surface area contributed by atoms with Gasteiger partial charge in [-0.15, -0.1) is 0 Å². The fraction of sp³-hybridized carbons (Fsp3) is 0.588. The van der Waals surface area contributed by atoms with E-state index in [4.69, 9.17) is 0 Å². The molecule has 2 rings (SSSR count). The standard InChI is InChI=1S/C17H26N2O2/c1-3-14-6-8-15(9-7-14)11-18(2)17(21)12-19-10-4-5-16(19)13-20/h6-9,16,20H,3-5,10-13H2,1-2H3/t16-/m1/s1. The second-order valence-corrected chi connectivity index (χ2v) is 5.87. The Morgan fingerprint density at radius 1 is 1.33 bits per heavy atom. The van der Waals surface area contributed by atoms with Crippen molar-refractivity contribution in [3.8, 4) is 0 Å². The van der Waals surface area contributed by atoms with E-state index in [1.54, 1.807) is 4.90 Å². The van der Waals surface area contributed by atoms with Crippen LogP contribution in [-0.2, 0) is 17.8 Å². The van der Waals surface area contributed by atoms with Gasteiger partial charge in [0.2, 0.25) is 5.91 Å². The normalized spacial score (nSPS) is 18.9. The first kappa shape index (κ1) is 16.0. The number of aliphatic hydroxyl groups is 1. The molecule has 21 heavy (non-hydrogen) atoms. The SMILES string of the molecule is CCc1ccc(CN(C)C(=O)CN2CCC[C@@H]2CO)cc1. The van der Waals surface area contributed by atoms with Crippen LogP contribution in [0.15, 0.2) is 24.3 Å². The van der Waals surface area contributed by atoms with Gasteiger partial charge in [-0.3, -0.25) is 9.69 Å². The average molecular weight is 290 g/mol. The first-order valence-corrected chi connectivity index (χ1v) is 7.80. The Morgan fingerprint density at radius 2 is 2.00 bits per heavy atom. The number of aryl methyl sites for hydroxylation is 1. The molecule has 1 aromatic carbocycles. The highest BCUT2D eigenvalue weighted by Gasteiger charge is 2.26. The number of benzene rings is 1. The lowest BCUT2D eigenvalue weighted by molar-refractivity contribution is -0.132. The van der Waals surface area contributed by atoms with Crippen molar-refractivity contribution in [1.82, 2.24) is 9.80 Å². The first-order valence-electron chi connectivity index (χ1n) is 7.80. The highest BCUT2D eigenvalue weighted by atomic mass is 16.3. The molecule has 1 aliphatic heterocycles. The molecule has 1 aliphatic rings. The summed E-state index contributed by atoms with van der Waals surface area (Å²) in [6.07, 6.45) is 3.10. The van der Waals surface area contributed by atoms with Crippen molar-refractivity contribution in [3.63, 3.8) is 0 Å². The van der Waals surface area contributed by atoms with Crippen molar-refractivity contribution in [2.75, 3.05) is 26.7 Å². The molecule has 0 bridgehead atoms. The summed E-state index contributed by atoms with van der Waals surface area (Å²) in [6, 6.07) is 8.58. The molecule has 116 valence electrons. The third-order valence-corrected chi connectivity index (χ3v) is 4.32. The summed E-state index contributed by atoms with van der Waals surface area (Å²) in [6.45, 7) is 4.25. The van der Waals surface area contributed by atoms with Gasteiger partial charge in [0, 0.05) is 19.6 Å². The largest absolute Gasteiger partial charge is 0.395 e. The van der Waals surface area contributed by atoms with Gasteiger partial charge in [-0.05, 0) is 36.9 Å². The molecule has 0 saturated carbocycles. The maximum Gasteiger partial charge on any atom is 0.236 e. The predicted octanol–water partition coefficient (Wildman–Crippen LogP) is 1.66. The number of hydrogen-bond acceptors (Lipinski definition) is 3. The number of hydrogen-bond donors (Lipinski definition) is 1. The molecule has 4 heteroatoms. The van der Waals surface area contributed by atoms with Crippen LogP contribution >= 0.6 is 0 Å². The predicted molar refractivity (Wildman–Crippen MR) is 84.0 cm³/mol. The van der Waals surface area contributed by atoms with Gasteiger partial charge in [0.05, 0.1) is 13.2 Å². The molecular weight excluding hydrogens is 264 g/mol. The minimum absolute atomic E-state index is 0.120. The number of amides is 1. The third kappa shape index (κ3) is 4.29. The number of carbonyl (C=O) groups is 1. The second-order valence-electron chi connectivity index (χ2n) is 5.87. The third-order valence-electron chi connectivity index (χ3n) is 4.32. The molecule has 1 heterocycles. The van der Waals surface area contributed by atoms with E-state index in [0.29, 0.717) is 13.1 Å². The number of likely N-dealkylation sites (tertiary alicyclic amines) is 1. The number of aliphatic hydroxyl groups excluding tert-OH is 1. The fourth-order valence-electron chi connectivity index (χ4n) is 2.85. The molecule has 0 radical (unpaired) electrons. The van der Waals surface area contributed by atoms with Crippen LogP contribution in [0.25, 0.3) is 0 Å². The quantitative estimate of drug-likeness (QED) is 0.866. The molecule has 0 aromatic heterocycles. The van der Waals surface area contributed by atoms with Gasteiger partial charge in [-0.1, -0.05) is 31.2 Å². The average Bonchev–Trinajstić information content (AvgIpc) is 2.95. The van der Waals surface area contributed by atoms with Gasteiger partial charge in [0.15, 0.2) is 0 Å². The zero-order valence-corrected chi connectivity index (χ0v) is 13.1. The molecule has 0 unspecified atom stereocenters. The van der Waals surface area contributed by atoms with E-state index >= 15 is 0 Å². The first-order chi connectivity index (χ1) is 10.1. The van der Waals surface area contributed by atoms with E-state index in [1.807, 2.05) is 7.05 Å². The van der Waals surface area contributed by atoms with Crippen molar-refractivity contribution in [1.29, 1.82) is 0 Å². The highest BCUT2D eigenvalue weighted by Crippen LogP contribution is 2.16. The van der Waals surface area contributed by atoms with Crippen molar-refractivity contribution < 1.29 is 9.90 Å². The summed E-state index contributed by atoms with van der Waals surface area (Å²) in [5, 5.41) is 9.31. The Kier molecular flexibility index (Phi) is 5.76. The molecule has 1 fully saturated rings. The van der Waals surface area contributed by atoms with E-state index in [0.717, 1.165) is 31.4 Å². The van der Waals surface area contributed by atoms with Crippen molar-refractivity contribution in [2.45, 2.75) is 38.8 Å². The zero-order chi connectivity index (χ0) is 15.2. The van der Waals surface area contributed by atoms with E-state index in [-0.39, 0.29) is 18.6 Å². The Morgan fingerprint density at radius 3 is 2.62 bits per heavy atom. The minimum Gasteiger partial charge on any atom is -0.395 e. The summed E-state index contributed by atoms with van der Waals surface area (Å²) in [7, 11) is 1.85. The molecule has 1 atom stereocenters. The summed E-state index contributed by atoms with van der Waals surface area (Å²) >= 11 is 0. The lowest BCUT2D eigenvalue weighted by Crippen LogP contribution is -2.41. The molecule has 4 nitrogen and oxygen atoms in total. The molecule has 1 amide bonds. The van der Waals surface area contributed by atoms with Crippen LogP contribution in [0.3, 0.4) is 0 Å². The van der Waals surface area contributed by atoms with Crippen molar-refractivity contribution >= 4 is 5.91 Å². The van der Waals surface area contributed by atoms with Crippen LogP contribution in [0.2, 0.25) is 0 Å². The molecular formula is C17H26N2O2. The Hall–Kier alpha value is -1.39. The monoisotopic (exact) mass is 290 g/mol. The van der Waals surface area contributed by atoms with Gasteiger partial charge in [0.1, 0.15) is 0 Å². The van der Waals surface area contributed by atoms with Gasteiger partial charge in [-0.2, -0.15) is 0 Å². The fourth-order valence-corrected chi connectivity index (χ4v) is 2.85. The summed E-state index contributed by atoms with van der Waals surface area (Å²) in [4.78, 5) is 16.2. The molecule has 1 N–H and O–H groups in total.